The second kappa shape index (κ2) is 3.08. The highest BCUT2D eigenvalue weighted by Crippen LogP contribution is 2.35. The molecular weight excluding hydrogens is 193 g/mol. The first-order chi connectivity index (χ1) is 6.59. The van der Waals surface area contributed by atoms with Crippen LogP contribution in [-0.4, -0.2) is 19.4 Å². The molecule has 0 bridgehead atoms. The molecule has 1 aliphatic heterocycles. The number of anilines is 2. The van der Waals surface area contributed by atoms with Crippen molar-refractivity contribution in [2.45, 2.75) is 6.30 Å². The van der Waals surface area contributed by atoms with Crippen LogP contribution in [0.4, 0.5) is 24.5 Å². The molecule has 1 aliphatic rings. The molecule has 1 N–H and O–H groups in total. The van der Waals surface area contributed by atoms with Gasteiger partial charge in [-0.15, -0.1) is 0 Å². The topological polar surface area (TPSA) is 15.3 Å². The number of halogens is 3. The summed E-state index contributed by atoms with van der Waals surface area (Å²) in [6.07, 6.45) is -4.29. The van der Waals surface area contributed by atoms with E-state index >= 15 is 0 Å². The summed E-state index contributed by atoms with van der Waals surface area (Å²) in [6, 6.07) is 6.43. The Kier molecular flexibility index (Phi) is 2.02. The van der Waals surface area contributed by atoms with Crippen LogP contribution in [-0.2, 0) is 0 Å². The lowest BCUT2D eigenvalue weighted by Crippen LogP contribution is -2.44. The van der Waals surface area contributed by atoms with Gasteiger partial charge in [-0.05, 0) is 12.1 Å². The number of rotatable bonds is 0. The van der Waals surface area contributed by atoms with Crippen LogP contribution in [0.1, 0.15) is 0 Å². The normalized spacial score (nSPS) is 16.1. The Morgan fingerprint density at radius 3 is 2.64 bits per heavy atom. The molecule has 0 radical (unpaired) electrons. The molecule has 2 rings (SSSR count). The summed E-state index contributed by atoms with van der Waals surface area (Å²) in [5.74, 6) is 0. The fourth-order valence-corrected chi connectivity index (χ4v) is 1.54. The van der Waals surface area contributed by atoms with E-state index in [1.54, 1.807) is 18.2 Å². The van der Waals surface area contributed by atoms with Crippen LogP contribution in [0.2, 0.25) is 0 Å². The van der Waals surface area contributed by atoms with Gasteiger partial charge in [0.25, 0.3) is 0 Å². The Hall–Kier alpha value is -1.39. The molecule has 0 amide bonds. The van der Waals surface area contributed by atoms with E-state index in [1.165, 1.54) is 6.07 Å². The van der Waals surface area contributed by atoms with E-state index in [2.05, 4.69) is 5.32 Å². The predicted octanol–water partition coefficient (Wildman–Crippen LogP) is 2.44. The van der Waals surface area contributed by atoms with Crippen LogP contribution in [0.5, 0.6) is 0 Å². The fraction of sp³-hybridized carbons (Fsp3) is 0.333. The fourth-order valence-electron chi connectivity index (χ4n) is 1.54. The Labute approximate surface area is 79.3 Å². The van der Waals surface area contributed by atoms with Crippen molar-refractivity contribution in [2.75, 3.05) is 23.3 Å². The van der Waals surface area contributed by atoms with Gasteiger partial charge in [0.1, 0.15) is 0 Å². The maximum atomic E-state index is 12.5. The highest BCUT2D eigenvalue weighted by atomic mass is 19.4. The van der Waals surface area contributed by atoms with Crippen molar-refractivity contribution in [1.29, 1.82) is 0 Å². The van der Waals surface area contributed by atoms with E-state index < -0.39 is 6.30 Å². The average Bonchev–Trinajstić information content (AvgIpc) is 2.15. The molecule has 0 aliphatic carbocycles. The van der Waals surface area contributed by atoms with Crippen LogP contribution in [0.25, 0.3) is 0 Å². The van der Waals surface area contributed by atoms with Crippen molar-refractivity contribution < 1.29 is 13.2 Å². The van der Waals surface area contributed by atoms with Crippen LogP contribution in [0.3, 0.4) is 0 Å². The molecule has 0 saturated carbocycles. The maximum Gasteiger partial charge on any atom is 0.485 e. The summed E-state index contributed by atoms with van der Waals surface area (Å²) >= 11 is 0. The van der Waals surface area contributed by atoms with Gasteiger partial charge in [-0.1, -0.05) is 12.1 Å². The smallest absolute Gasteiger partial charge is 0.382 e. The minimum Gasteiger partial charge on any atom is -0.382 e. The van der Waals surface area contributed by atoms with Gasteiger partial charge in [0.15, 0.2) is 0 Å². The van der Waals surface area contributed by atoms with Crippen molar-refractivity contribution in [3.05, 3.63) is 24.3 Å². The first-order valence-corrected chi connectivity index (χ1v) is 4.26. The van der Waals surface area contributed by atoms with Crippen LogP contribution < -0.4 is 10.2 Å². The number of nitrogens with zero attached hydrogens (tertiary/aromatic N) is 1. The third kappa shape index (κ3) is 1.49. The Morgan fingerprint density at radius 1 is 1.21 bits per heavy atom. The van der Waals surface area contributed by atoms with E-state index in [1.807, 2.05) is 0 Å². The first-order valence-electron chi connectivity index (χ1n) is 4.26. The zero-order valence-electron chi connectivity index (χ0n) is 7.30. The van der Waals surface area contributed by atoms with Crippen molar-refractivity contribution >= 4 is 11.4 Å². The van der Waals surface area contributed by atoms with Gasteiger partial charge in [-0.2, -0.15) is 13.2 Å². The molecule has 0 spiro atoms. The molecule has 1 aromatic carbocycles. The molecule has 0 aromatic heterocycles. The van der Waals surface area contributed by atoms with Crippen LogP contribution >= 0.6 is 0 Å². The van der Waals surface area contributed by atoms with Gasteiger partial charge < -0.3 is 5.32 Å². The van der Waals surface area contributed by atoms with Crippen molar-refractivity contribution in [1.82, 2.24) is 0 Å². The molecule has 5 heteroatoms. The zero-order chi connectivity index (χ0) is 10.2. The summed E-state index contributed by atoms with van der Waals surface area (Å²) in [7, 11) is 0. The molecule has 76 valence electrons. The Bertz CT molecular complexity index is 335. The van der Waals surface area contributed by atoms with Gasteiger partial charge in [-0.3, -0.25) is 4.90 Å². The minimum atomic E-state index is -4.29. The summed E-state index contributed by atoms with van der Waals surface area (Å²) < 4.78 is 37.6. The van der Waals surface area contributed by atoms with E-state index in [0.29, 0.717) is 17.1 Å². The van der Waals surface area contributed by atoms with Gasteiger partial charge in [0.05, 0.1) is 11.4 Å². The molecule has 0 unspecified atom stereocenters. The van der Waals surface area contributed by atoms with Crippen molar-refractivity contribution in [2.24, 2.45) is 0 Å². The van der Waals surface area contributed by atoms with Crippen LogP contribution in [0, 0.1) is 0 Å². The quantitative estimate of drug-likeness (QED) is 0.650. The monoisotopic (exact) mass is 202 g/mol. The Morgan fingerprint density at radius 2 is 1.93 bits per heavy atom. The maximum absolute atomic E-state index is 12.5. The second-order valence-electron chi connectivity index (χ2n) is 3.06. The molecule has 2 nitrogen and oxygen atoms in total. The first kappa shape index (κ1) is 9.18. The summed E-state index contributed by atoms with van der Waals surface area (Å²) in [5.41, 5.74) is 0.738. The van der Waals surface area contributed by atoms with E-state index in [-0.39, 0.29) is 12.2 Å². The third-order valence-corrected chi connectivity index (χ3v) is 2.15. The van der Waals surface area contributed by atoms with Crippen molar-refractivity contribution in [3.8, 4) is 0 Å². The second-order valence-corrected chi connectivity index (χ2v) is 3.06. The molecule has 0 saturated heterocycles. The van der Waals surface area contributed by atoms with Gasteiger partial charge >= 0.3 is 6.30 Å². The standard InChI is InChI=1S/C9H9F3N2/c10-9(11,12)14-6-5-13-7-3-1-2-4-8(7)14/h1-4,13H,5-6H2. The largest absolute Gasteiger partial charge is 0.485 e. The predicted molar refractivity (Wildman–Crippen MR) is 48.3 cm³/mol. The number of alkyl halides is 3. The lowest BCUT2D eigenvalue weighted by molar-refractivity contribution is -0.129. The van der Waals surface area contributed by atoms with Gasteiger partial charge in [0, 0.05) is 13.1 Å². The number of nitrogens with one attached hydrogen (secondary N) is 1. The van der Waals surface area contributed by atoms with Crippen molar-refractivity contribution in [3.63, 3.8) is 0 Å². The number of para-hydroxylation sites is 2. The lowest BCUT2D eigenvalue weighted by atomic mass is 10.2. The third-order valence-electron chi connectivity index (χ3n) is 2.15. The highest BCUT2D eigenvalue weighted by molar-refractivity contribution is 5.72. The lowest BCUT2D eigenvalue weighted by Gasteiger charge is -2.33. The summed E-state index contributed by atoms with van der Waals surface area (Å²) in [4.78, 5) is 0.457. The van der Waals surface area contributed by atoms with E-state index in [0.717, 1.165) is 0 Å². The number of fused-ring (bicyclic) bond motifs is 1. The molecule has 1 heterocycles. The minimum absolute atomic E-state index is 0.0412. The Balaban J connectivity index is 2.41. The molecule has 0 atom stereocenters. The number of hydrogen-bond donors (Lipinski definition) is 1. The molecule has 14 heavy (non-hydrogen) atoms. The summed E-state index contributed by atoms with van der Waals surface area (Å²) in [5, 5.41) is 2.92. The van der Waals surface area contributed by atoms with E-state index in [4.69, 9.17) is 0 Å². The molecular formula is C9H9F3N2. The van der Waals surface area contributed by atoms with Crippen LogP contribution in [0.15, 0.2) is 24.3 Å². The van der Waals surface area contributed by atoms with Gasteiger partial charge in [-0.25, -0.2) is 0 Å². The highest BCUT2D eigenvalue weighted by Gasteiger charge is 2.39. The van der Waals surface area contributed by atoms with Gasteiger partial charge in [0.2, 0.25) is 0 Å². The zero-order valence-corrected chi connectivity index (χ0v) is 7.30. The number of hydrogen-bond acceptors (Lipinski definition) is 2. The average molecular weight is 202 g/mol. The van der Waals surface area contributed by atoms with E-state index in [9.17, 15) is 13.2 Å². The molecule has 1 aromatic rings. The summed E-state index contributed by atoms with van der Waals surface area (Å²) in [6.45, 7) is 0.275. The SMILES string of the molecule is FC(F)(F)N1CCNc2ccccc21. The molecule has 0 fully saturated rings. The number of benzene rings is 1.